The SMILES string of the molecule is CC(C)CNC(=O)NC(=O)[C@@H](C)N1CCC(C(=O)c2ccc3c(c2)OCCO3)CC1. The van der Waals surface area contributed by atoms with Gasteiger partial charge in [-0.15, -0.1) is 0 Å². The smallest absolute Gasteiger partial charge is 0.321 e. The Morgan fingerprint density at radius 3 is 2.40 bits per heavy atom. The van der Waals surface area contributed by atoms with Gasteiger partial charge in [-0.05, 0) is 57.0 Å². The summed E-state index contributed by atoms with van der Waals surface area (Å²) in [7, 11) is 0. The highest BCUT2D eigenvalue weighted by molar-refractivity contribution is 5.99. The predicted molar refractivity (Wildman–Crippen MR) is 112 cm³/mol. The molecule has 30 heavy (non-hydrogen) atoms. The second-order valence-electron chi connectivity index (χ2n) is 8.30. The van der Waals surface area contributed by atoms with Gasteiger partial charge in [0.25, 0.3) is 0 Å². The Morgan fingerprint density at radius 1 is 1.07 bits per heavy atom. The summed E-state index contributed by atoms with van der Waals surface area (Å²) in [5.41, 5.74) is 0.630. The molecule has 0 saturated carbocycles. The maximum Gasteiger partial charge on any atom is 0.321 e. The maximum atomic E-state index is 12.9. The van der Waals surface area contributed by atoms with Crippen LogP contribution >= 0.6 is 0 Å². The number of likely N-dealkylation sites (tertiary alicyclic amines) is 1. The predicted octanol–water partition coefficient (Wildman–Crippen LogP) is 2.22. The largest absolute Gasteiger partial charge is 0.486 e. The molecule has 1 aromatic carbocycles. The lowest BCUT2D eigenvalue weighted by molar-refractivity contribution is -0.125. The van der Waals surface area contributed by atoms with Gasteiger partial charge in [-0.1, -0.05) is 13.8 Å². The molecular formula is C22H31N3O5. The van der Waals surface area contributed by atoms with Crippen molar-refractivity contribution in [2.75, 3.05) is 32.8 Å². The summed E-state index contributed by atoms with van der Waals surface area (Å²) in [6, 6.07) is 4.43. The van der Waals surface area contributed by atoms with Gasteiger partial charge in [0.15, 0.2) is 17.3 Å². The number of ketones is 1. The van der Waals surface area contributed by atoms with E-state index in [2.05, 4.69) is 10.6 Å². The van der Waals surface area contributed by atoms with Crippen LogP contribution in [-0.4, -0.2) is 61.5 Å². The number of piperidine rings is 1. The Kier molecular flexibility index (Phi) is 7.31. The van der Waals surface area contributed by atoms with Crippen LogP contribution in [0.1, 0.15) is 44.0 Å². The van der Waals surface area contributed by atoms with E-state index in [1.54, 1.807) is 25.1 Å². The van der Waals surface area contributed by atoms with Gasteiger partial charge in [0, 0.05) is 18.0 Å². The monoisotopic (exact) mass is 417 g/mol. The summed E-state index contributed by atoms with van der Waals surface area (Å²) in [4.78, 5) is 39.1. The van der Waals surface area contributed by atoms with Crippen LogP contribution in [-0.2, 0) is 4.79 Å². The summed E-state index contributed by atoms with van der Waals surface area (Å²) in [5.74, 6) is 1.28. The van der Waals surface area contributed by atoms with Gasteiger partial charge in [-0.3, -0.25) is 19.8 Å². The zero-order chi connectivity index (χ0) is 21.7. The second kappa shape index (κ2) is 9.93. The van der Waals surface area contributed by atoms with E-state index in [0.717, 1.165) is 0 Å². The van der Waals surface area contributed by atoms with Crippen molar-refractivity contribution in [1.82, 2.24) is 15.5 Å². The molecule has 2 N–H and O–H groups in total. The van der Waals surface area contributed by atoms with E-state index in [1.165, 1.54) is 0 Å². The molecule has 2 aliphatic rings. The normalized spacial score (nSPS) is 18.0. The maximum absolute atomic E-state index is 12.9. The first-order chi connectivity index (χ1) is 14.3. The van der Waals surface area contributed by atoms with E-state index in [0.29, 0.717) is 68.7 Å². The molecule has 2 aliphatic heterocycles. The van der Waals surface area contributed by atoms with Crippen molar-refractivity contribution in [1.29, 1.82) is 0 Å². The number of urea groups is 1. The summed E-state index contributed by atoms with van der Waals surface area (Å²) in [6.45, 7) is 8.53. The molecule has 8 nitrogen and oxygen atoms in total. The number of hydrogen-bond acceptors (Lipinski definition) is 6. The zero-order valence-electron chi connectivity index (χ0n) is 17.9. The molecule has 3 rings (SSSR count). The van der Waals surface area contributed by atoms with E-state index in [-0.39, 0.29) is 17.6 Å². The summed E-state index contributed by atoms with van der Waals surface area (Å²) in [5, 5.41) is 5.08. The third-order valence-corrected chi connectivity index (χ3v) is 5.56. The fourth-order valence-electron chi connectivity index (χ4n) is 3.70. The lowest BCUT2D eigenvalue weighted by Gasteiger charge is -2.34. The van der Waals surface area contributed by atoms with Gasteiger partial charge >= 0.3 is 6.03 Å². The number of carbonyl (C=O) groups is 3. The molecule has 164 valence electrons. The Morgan fingerprint density at radius 2 is 1.73 bits per heavy atom. The average molecular weight is 418 g/mol. The molecule has 0 unspecified atom stereocenters. The third-order valence-electron chi connectivity index (χ3n) is 5.56. The van der Waals surface area contributed by atoms with E-state index >= 15 is 0 Å². The van der Waals surface area contributed by atoms with E-state index in [1.807, 2.05) is 18.7 Å². The van der Waals surface area contributed by atoms with Crippen molar-refractivity contribution in [2.24, 2.45) is 11.8 Å². The molecule has 1 atom stereocenters. The van der Waals surface area contributed by atoms with E-state index in [9.17, 15) is 14.4 Å². The lowest BCUT2D eigenvalue weighted by Crippen LogP contribution is -2.52. The Bertz CT molecular complexity index is 787. The van der Waals surface area contributed by atoms with Crippen LogP contribution in [0.4, 0.5) is 4.79 Å². The van der Waals surface area contributed by atoms with Crippen molar-refractivity contribution in [3.8, 4) is 11.5 Å². The first-order valence-corrected chi connectivity index (χ1v) is 10.6. The van der Waals surface area contributed by atoms with Crippen LogP contribution in [0.2, 0.25) is 0 Å². The van der Waals surface area contributed by atoms with Gasteiger partial charge in [-0.2, -0.15) is 0 Å². The number of nitrogens with zero attached hydrogens (tertiary/aromatic N) is 1. The molecule has 8 heteroatoms. The van der Waals surface area contributed by atoms with Crippen molar-refractivity contribution >= 4 is 17.7 Å². The van der Waals surface area contributed by atoms with Gasteiger partial charge in [0.2, 0.25) is 5.91 Å². The van der Waals surface area contributed by atoms with Crippen molar-refractivity contribution in [3.05, 3.63) is 23.8 Å². The highest BCUT2D eigenvalue weighted by atomic mass is 16.6. The van der Waals surface area contributed by atoms with Crippen LogP contribution in [0.15, 0.2) is 18.2 Å². The first kappa shape index (κ1) is 22.1. The number of nitrogens with one attached hydrogen (secondary N) is 2. The summed E-state index contributed by atoms with van der Waals surface area (Å²) >= 11 is 0. The molecule has 0 radical (unpaired) electrons. The second-order valence-corrected chi connectivity index (χ2v) is 8.30. The van der Waals surface area contributed by atoms with Crippen molar-refractivity contribution < 1.29 is 23.9 Å². The number of rotatable bonds is 6. The third kappa shape index (κ3) is 5.50. The zero-order valence-corrected chi connectivity index (χ0v) is 17.9. The highest BCUT2D eigenvalue weighted by Crippen LogP contribution is 2.32. The van der Waals surface area contributed by atoms with Crippen LogP contribution in [0, 0.1) is 11.8 Å². The topological polar surface area (TPSA) is 97.0 Å². The highest BCUT2D eigenvalue weighted by Gasteiger charge is 2.31. The molecule has 0 bridgehead atoms. The van der Waals surface area contributed by atoms with Crippen LogP contribution in [0.5, 0.6) is 11.5 Å². The van der Waals surface area contributed by atoms with Crippen LogP contribution < -0.4 is 20.1 Å². The van der Waals surface area contributed by atoms with Gasteiger partial charge in [-0.25, -0.2) is 4.79 Å². The van der Waals surface area contributed by atoms with Gasteiger partial charge < -0.3 is 14.8 Å². The van der Waals surface area contributed by atoms with Gasteiger partial charge in [0.1, 0.15) is 13.2 Å². The number of fused-ring (bicyclic) bond motifs is 1. The fourth-order valence-corrected chi connectivity index (χ4v) is 3.70. The lowest BCUT2D eigenvalue weighted by atomic mass is 9.88. The molecule has 0 spiro atoms. The number of benzene rings is 1. The minimum Gasteiger partial charge on any atom is -0.486 e. The number of hydrogen-bond donors (Lipinski definition) is 2. The number of amides is 3. The molecule has 1 fully saturated rings. The Balaban J connectivity index is 1.49. The summed E-state index contributed by atoms with van der Waals surface area (Å²) in [6.07, 6.45) is 1.34. The first-order valence-electron chi connectivity index (χ1n) is 10.6. The summed E-state index contributed by atoms with van der Waals surface area (Å²) < 4.78 is 11.1. The molecular weight excluding hydrogens is 386 g/mol. The number of imide groups is 1. The van der Waals surface area contributed by atoms with Crippen molar-refractivity contribution in [3.63, 3.8) is 0 Å². The molecule has 1 aromatic rings. The molecule has 3 amide bonds. The quantitative estimate of drug-likeness (QED) is 0.689. The molecule has 1 saturated heterocycles. The number of carbonyl (C=O) groups excluding carboxylic acids is 3. The average Bonchev–Trinajstić information content (AvgIpc) is 2.76. The van der Waals surface area contributed by atoms with Gasteiger partial charge in [0.05, 0.1) is 6.04 Å². The minimum atomic E-state index is -0.468. The number of ether oxygens (including phenoxy) is 2. The van der Waals surface area contributed by atoms with E-state index < -0.39 is 12.1 Å². The van der Waals surface area contributed by atoms with Crippen molar-refractivity contribution in [2.45, 2.75) is 39.7 Å². The fraction of sp³-hybridized carbons (Fsp3) is 0.591. The van der Waals surface area contributed by atoms with Crippen LogP contribution in [0.3, 0.4) is 0 Å². The van der Waals surface area contributed by atoms with E-state index in [4.69, 9.17) is 9.47 Å². The van der Waals surface area contributed by atoms with Crippen LogP contribution in [0.25, 0.3) is 0 Å². The minimum absolute atomic E-state index is 0.0894. The number of Topliss-reactive ketones (excluding diaryl/α,β-unsaturated/α-hetero) is 1. The Labute approximate surface area is 177 Å². The Hall–Kier alpha value is -2.61. The molecule has 0 aromatic heterocycles. The molecule has 0 aliphatic carbocycles. The standard InChI is InChI=1S/C22H31N3O5/c1-14(2)13-23-22(28)24-21(27)15(3)25-8-6-16(7-9-25)20(26)17-4-5-18-19(12-17)30-11-10-29-18/h4-5,12,14-16H,6-11,13H2,1-3H3,(H2,23,24,27,28)/t15-/m1/s1. The molecule has 2 heterocycles.